The van der Waals surface area contributed by atoms with E-state index in [0.717, 1.165) is 11.3 Å². The molecule has 152 valence electrons. The van der Waals surface area contributed by atoms with Crippen LogP contribution in [0.5, 0.6) is 5.75 Å². The highest BCUT2D eigenvalue weighted by Crippen LogP contribution is 2.25. The Hall–Kier alpha value is -2.22. The van der Waals surface area contributed by atoms with Crippen molar-refractivity contribution in [3.8, 4) is 5.75 Å². The van der Waals surface area contributed by atoms with Crippen LogP contribution in [0.3, 0.4) is 0 Å². The fraction of sp³-hybridized carbons (Fsp3) is 0.350. The van der Waals surface area contributed by atoms with E-state index < -0.39 is 30.8 Å². The molecule has 1 heterocycles. The third-order valence-corrected chi connectivity index (χ3v) is 4.13. The lowest BCUT2D eigenvalue weighted by Crippen LogP contribution is -2.35. The molecule has 0 aromatic heterocycles. The minimum atomic E-state index is -2.83. The Morgan fingerprint density at radius 2 is 1.93 bits per heavy atom. The van der Waals surface area contributed by atoms with Crippen molar-refractivity contribution in [3.63, 3.8) is 0 Å². The van der Waals surface area contributed by atoms with Crippen LogP contribution in [0, 0.1) is 0 Å². The third-order valence-electron chi connectivity index (χ3n) is 4.13. The molecule has 0 radical (unpaired) electrons. The molecule has 5 nitrogen and oxygen atoms in total. The van der Waals surface area contributed by atoms with Gasteiger partial charge in [0.1, 0.15) is 12.4 Å². The van der Waals surface area contributed by atoms with Crippen LogP contribution >= 0.6 is 12.4 Å². The fourth-order valence-corrected chi connectivity index (χ4v) is 2.79. The first kappa shape index (κ1) is 22.1. The predicted octanol–water partition coefficient (Wildman–Crippen LogP) is 3.64. The Morgan fingerprint density at radius 1 is 1.14 bits per heavy atom. The standard InChI is InChI=1S/C20H22F2N2O3.ClH/c21-20(22)12-18(23-14-20)19(25)24-16-6-4-5-15(11-16)13-26-9-10-27-17-7-2-1-3-8-17;/h1-8,11,18,23H,9-10,12-14H2,(H,24,25);1H. The second-order valence-electron chi connectivity index (χ2n) is 6.40. The first-order valence-electron chi connectivity index (χ1n) is 8.78. The Balaban J connectivity index is 0.00000280. The lowest BCUT2D eigenvalue weighted by molar-refractivity contribution is -0.118. The summed E-state index contributed by atoms with van der Waals surface area (Å²) >= 11 is 0. The molecule has 8 heteroatoms. The molecule has 0 spiro atoms. The summed E-state index contributed by atoms with van der Waals surface area (Å²) in [5.74, 6) is -2.50. The number of hydrogen-bond donors (Lipinski definition) is 2. The van der Waals surface area contributed by atoms with E-state index in [9.17, 15) is 13.6 Å². The molecule has 3 rings (SSSR count). The number of alkyl halides is 2. The molecule has 1 fully saturated rings. The molecular formula is C20H23ClF2N2O3. The SMILES string of the molecule is Cl.O=C(Nc1cccc(COCCOc2ccccc2)c1)C1CC(F)(F)CN1. The number of benzene rings is 2. The van der Waals surface area contributed by atoms with Crippen LogP contribution in [0.25, 0.3) is 0 Å². The molecule has 0 bridgehead atoms. The molecule has 0 aliphatic carbocycles. The molecular weight excluding hydrogens is 390 g/mol. The summed E-state index contributed by atoms with van der Waals surface area (Å²) < 4.78 is 37.5. The van der Waals surface area contributed by atoms with Crippen LogP contribution < -0.4 is 15.4 Å². The average molecular weight is 413 g/mol. The Bertz CT molecular complexity index is 762. The monoisotopic (exact) mass is 412 g/mol. The Morgan fingerprint density at radius 3 is 2.64 bits per heavy atom. The van der Waals surface area contributed by atoms with Crippen molar-refractivity contribution in [3.05, 3.63) is 60.2 Å². The molecule has 2 aromatic rings. The number of nitrogens with one attached hydrogen (secondary N) is 2. The number of halogens is 3. The molecule has 1 amide bonds. The second-order valence-corrected chi connectivity index (χ2v) is 6.40. The maximum absolute atomic E-state index is 13.2. The van der Waals surface area contributed by atoms with Gasteiger partial charge in [-0.15, -0.1) is 12.4 Å². The molecule has 2 aromatic carbocycles. The van der Waals surface area contributed by atoms with E-state index in [4.69, 9.17) is 9.47 Å². The zero-order chi connectivity index (χ0) is 19.1. The molecule has 1 aliphatic heterocycles. The van der Waals surface area contributed by atoms with Crippen molar-refractivity contribution in [2.75, 3.05) is 25.1 Å². The van der Waals surface area contributed by atoms with Crippen molar-refractivity contribution in [1.82, 2.24) is 5.32 Å². The van der Waals surface area contributed by atoms with Gasteiger partial charge in [-0.3, -0.25) is 10.1 Å². The smallest absolute Gasteiger partial charge is 0.262 e. The third kappa shape index (κ3) is 6.74. The number of hydrogen-bond acceptors (Lipinski definition) is 4. The maximum Gasteiger partial charge on any atom is 0.262 e. The van der Waals surface area contributed by atoms with Crippen LogP contribution in [0.15, 0.2) is 54.6 Å². The van der Waals surface area contributed by atoms with Gasteiger partial charge in [-0.2, -0.15) is 0 Å². The Kier molecular flexibility index (Phi) is 8.17. The van der Waals surface area contributed by atoms with Gasteiger partial charge in [-0.25, -0.2) is 8.78 Å². The van der Waals surface area contributed by atoms with Crippen LogP contribution in [-0.4, -0.2) is 37.6 Å². The van der Waals surface area contributed by atoms with Crippen molar-refractivity contribution in [2.24, 2.45) is 0 Å². The number of carbonyl (C=O) groups is 1. The van der Waals surface area contributed by atoms with Crippen LogP contribution in [0.2, 0.25) is 0 Å². The molecule has 1 saturated heterocycles. The lowest BCUT2D eigenvalue weighted by Gasteiger charge is -2.12. The zero-order valence-electron chi connectivity index (χ0n) is 15.2. The van der Waals surface area contributed by atoms with Gasteiger partial charge in [0.15, 0.2) is 0 Å². The topological polar surface area (TPSA) is 59.6 Å². The van der Waals surface area contributed by atoms with Crippen molar-refractivity contribution < 1.29 is 23.0 Å². The number of anilines is 1. The molecule has 1 atom stereocenters. The highest BCUT2D eigenvalue weighted by atomic mass is 35.5. The van der Waals surface area contributed by atoms with Gasteiger partial charge in [0.25, 0.3) is 5.92 Å². The van der Waals surface area contributed by atoms with Crippen molar-refractivity contribution >= 4 is 24.0 Å². The van der Waals surface area contributed by atoms with Gasteiger partial charge >= 0.3 is 0 Å². The fourth-order valence-electron chi connectivity index (χ4n) is 2.79. The van der Waals surface area contributed by atoms with E-state index in [1.165, 1.54) is 0 Å². The van der Waals surface area contributed by atoms with Gasteiger partial charge in [-0.1, -0.05) is 30.3 Å². The van der Waals surface area contributed by atoms with E-state index in [0.29, 0.717) is 25.5 Å². The number of amides is 1. The van der Waals surface area contributed by atoms with Gasteiger partial charge in [0.05, 0.1) is 25.8 Å². The first-order valence-corrected chi connectivity index (χ1v) is 8.78. The highest BCUT2D eigenvalue weighted by molar-refractivity contribution is 5.95. The summed E-state index contributed by atoms with van der Waals surface area (Å²) in [5.41, 5.74) is 1.43. The van der Waals surface area contributed by atoms with Crippen molar-refractivity contribution in [2.45, 2.75) is 25.0 Å². The number of para-hydroxylation sites is 1. The summed E-state index contributed by atoms with van der Waals surface area (Å²) in [4.78, 5) is 12.1. The maximum atomic E-state index is 13.2. The minimum absolute atomic E-state index is 0. The quantitative estimate of drug-likeness (QED) is 0.650. The Labute approximate surface area is 168 Å². The minimum Gasteiger partial charge on any atom is -0.491 e. The number of carbonyl (C=O) groups excluding carboxylic acids is 1. The molecule has 0 saturated carbocycles. The predicted molar refractivity (Wildman–Crippen MR) is 105 cm³/mol. The van der Waals surface area contributed by atoms with E-state index in [1.54, 1.807) is 18.2 Å². The van der Waals surface area contributed by atoms with Gasteiger partial charge in [-0.05, 0) is 29.8 Å². The summed E-state index contributed by atoms with van der Waals surface area (Å²) in [6.45, 7) is 0.750. The molecule has 1 aliphatic rings. The van der Waals surface area contributed by atoms with E-state index in [2.05, 4.69) is 10.6 Å². The van der Waals surface area contributed by atoms with Gasteiger partial charge in [0.2, 0.25) is 5.91 Å². The first-order chi connectivity index (χ1) is 13.0. The summed E-state index contributed by atoms with van der Waals surface area (Å²) in [6, 6.07) is 15.7. The van der Waals surface area contributed by atoms with Crippen LogP contribution in [-0.2, 0) is 16.1 Å². The summed E-state index contributed by atoms with van der Waals surface area (Å²) in [7, 11) is 0. The highest BCUT2D eigenvalue weighted by Gasteiger charge is 2.42. The van der Waals surface area contributed by atoms with Crippen LogP contribution in [0.1, 0.15) is 12.0 Å². The van der Waals surface area contributed by atoms with Crippen molar-refractivity contribution in [1.29, 1.82) is 0 Å². The zero-order valence-corrected chi connectivity index (χ0v) is 16.0. The molecule has 2 N–H and O–H groups in total. The van der Waals surface area contributed by atoms with E-state index >= 15 is 0 Å². The average Bonchev–Trinajstić information content (AvgIpc) is 3.03. The molecule has 28 heavy (non-hydrogen) atoms. The second kappa shape index (κ2) is 10.4. The normalized spacial score (nSPS) is 17.6. The summed E-state index contributed by atoms with van der Waals surface area (Å²) in [6.07, 6.45) is -0.483. The van der Waals surface area contributed by atoms with E-state index in [1.807, 2.05) is 36.4 Å². The number of ether oxygens (including phenoxy) is 2. The van der Waals surface area contributed by atoms with Gasteiger partial charge < -0.3 is 14.8 Å². The van der Waals surface area contributed by atoms with E-state index in [-0.39, 0.29) is 12.4 Å². The lowest BCUT2D eigenvalue weighted by atomic mass is 10.1. The van der Waals surface area contributed by atoms with Gasteiger partial charge in [0, 0.05) is 12.1 Å². The number of rotatable bonds is 8. The van der Waals surface area contributed by atoms with Crippen LogP contribution in [0.4, 0.5) is 14.5 Å². The largest absolute Gasteiger partial charge is 0.491 e. The molecule has 1 unspecified atom stereocenters. The summed E-state index contributed by atoms with van der Waals surface area (Å²) in [5, 5.41) is 5.21.